The molecule has 24 heavy (non-hydrogen) atoms. The summed E-state index contributed by atoms with van der Waals surface area (Å²) in [6.07, 6.45) is 3.76. The molecule has 4 aromatic rings. The first kappa shape index (κ1) is 20.0. The van der Waals surface area contributed by atoms with Crippen molar-refractivity contribution < 1.29 is 25.8 Å². The molecule has 120 valence electrons. The largest absolute Gasteiger partial charge is 0.663 e. The number of hydrogen-bond donors (Lipinski definition) is 0. The van der Waals surface area contributed by atoms with Crippen LogP contribution in [0.5, 0.6) is 0 Å². The Labute approximate surface area is 162 Å². The van der Waals surface area contributed by atoms with E-state index in [2.05, 4.69) is 46.4 Å². The number of para-hydroxylation sites is 1. The van der Waals surface area contributed by atoms with Crippen molar-refractivity contribution in [2.45, 2.75) is 0 Å². The molecule has 1 heterocycles. The monoisotopic (exact) mass is 479 g/mol. The van der Waals surface area contributed by atoms with Crippen molar-refractivity contribution in [3.63, 3.8) is 0 Å². The van der Waals surface area contributed by atoms with Crippen LogP contribution in [0, 0.1) is 14.9 Å². The number of nitrogens with zero attached hydrogens (tertiary/aromatic N) is 2. The second kappa shape index (κ2) is 8.74. The molecule has 0 amide bonds. The topological polar surface area (TPSA) is 26.5 Å². The molecular formula is C21H19HfN2-3. The van der Waals surface area contributed by atoms with E-state index in [1.165, 1.54) is 16.2 Å². The van der Waals surface area contributed by atoms with Crippen LogP contribution in [-0.2, 0) is 25.8 Å². The molecule has 0 spiro atoms. The summed E-state index contributed by atoms with van der Waals surface area (Å²) in [5.74, 6) is 0. The van der Waals surface area contributed by atoms with Gasteiger partial charge < -0.3 is 19.8 Å². The van der Waals surface area contributed by atoms with Gasteiger partial charge in [-0.1, -0.05) is 48.5 Å². The summed E-state index contributed by atoms with van der Waals surface area (Å²) < 4.78 is 0. The maximum atomic E-state index is 4.55. The fourth-order valence-corrected chi connectivity index (χ4v) is 2.64. The van der Waals surface area contributed by atoms with E-state index in [-0.39, 0.29) is 40.7 Å². The van der Waals surface area contributed by atoms with Crippen LogP contribution >= 0.6 is 0 Å². The SMILES string of the molecule is C(=Nc1ccccc1)c1cc2ccccc2c2cc[n-]c12.[CH3-].[CH3-].[Hf]. The van der Waals surface area contributed by atoms with Crippen LogP contribution in [-0.4, -0.2) is 6.21 Å². The van der Waals surface area contributed by atoms with Gasteiger partial charge >= 0.3 is 0 Å². The molecule has 2 nitrogen and oxygen atoms in total. The number of aromatic nitrogens is 1. The average molecular weight is 478 g/mol. The van der Waals surface area contributed by atoms with E-state index in [0.717, 1.165) is 16.8 Å². The van der Waals surface area contributed by atoms with E-state index in [0.29, 0.717) is 0 Å². The molecule has 0 aliphatic heterocycles. The van der Waals surface area contributed by atoms with Gasteiger partial charge in [0.15, 0.2) is 0 Å². The first-order valence-corrected chi connectivity index (χ1v) is 6.94. The van der Waals surface area contributed by atoms with Gasteiger partial charge in [-0.05, 0) is 39.9 Å². The van der Waals surface area contributed by atoms with Gasteiger partial charge in [-0.25, -0.2) is 0 Å². The summed E-state index contributed by atoms with van der Waals surface area (Å²) in [4.78, 5) is 9.04. The van der Waals surface area contributed by atoms with E-state index >= 15 is 0 Å². The van der Waals surface area contributed by atoms with Crippen LogP contribution in [0.25, 0.3) is 21.7 Å². The molecule has 1 aromatic heterocycles. The minimum Gasteiger partial charge on any atom is -0.663 e. The predicted octanol–water partition coefficient (Wildman–Crippen LogP) is 5.60. The van der Waals surface area contributed by atoms with Crippen molar-refractivity contribution in [1.82, 2.24) is 4.98 Å². The minimum atomic E-state index is 0. The van der Waals surface area contributed by atoms with E-state index in [1.807, 2.05) is 42.7 Å². The third kappa shape index (κ3) is 3.73. The third-order valence-electron chi connectivity index (χ3n) is 3.64. The maximum absolute atomic E-state index is 4.55. The molecule has 3 heteroatoms. The number of rotatable bonds is 2. The standard InChI is InChI=1S/C19H13N2.2CH3.Hf/c1-2-7-16(8-3-1)21-13-15-12-14-6-4-5-9-17(14)18-10-11-20-19(15)18;;;/h1-13H;2*1H3;/q3*-1;. The van der Waals surface area contributed by atoms with Crippen LogP contribution in [0.15, 0.2) is 77.9 Å². The van der Waals surface area contributed by atoms with Crippen LogP contribution in [0.4, 0.5) is 5.69 Å². The van der Waals surface area contributed by atoms with Gasteiger partial charge in [0.25, 0.3) is 0 Å². The van der Waals surface area contributed by atoms with Gasteiger partial charge in [0, 0.05) is 32.1 Å². The zero-order valence-electron chi connectivity index (χ0n) is 13.9. The van der Waals surface area contributed by atoms with E-state index in [1.54, 1.807) is 0 Å². The summed E-state index contributed by atoms with van der Waals surface area (Å²) >= 11 is 0. The fourth-order valence-electron chi connectivity index (χ4n) is 2.64. The maximum Gasteiger partial charge on any atom is 0.0629 e. The van der Waals surface area contributed by atoms with Crippen LogP contribution in [0.2, 0.25) is 0 Å². The fraction of sp³-hybridized carbons (Fsp3) is 0. The molecule has 0 radical (unpaired) electrons. The molecule has 3 aromatic carbocycles. The quantitative estimate of drug-likeness (QED) is 0.210. The molecule has 0 aliphatic carbocycles. The van der Waals surface area contributed by atoms with Crippen molar-refractivity contribution in [2.24, 2.45) is 4.99 Å². The van der Waals surface area contributed by atoms with Crippen molar-refractivity contribution in [3.05, 3.63) is 93.3 Å². The summed E-state index contributed by atoms with van der Waals surface area (Å²) in [6, 6.07) is 22.6. The minimum absolute atomic E-state index is 0. The Bertz CT molecular complexity index is 940. The van der Waals surface area contributed by atoms with Gasteiger partial charge in [-0.2, -0.15) is 6.20 Å². The molecular weight excluding hydrogens is 459 g/mol. The zero-order chi connectivity index (χ0) is 14.1. The molecule has 0 bridgehead atoms. The Morgan fingerprint density at radius 3 is 2.29 bits per heavy atom. The number of aliphatic imine (C=N–C) groups is 1. The predicted molar refractivity (Wildman–Crippen MR) is 101 cm³/mol. The van der Waals surface area contributed by atoms with E-state index in [4.69, 9.17) is 0 Å². The smallest absolute Gasteiger partial charge is 0.0629 e. The van der Waals surface area contributed by atoms with Gasteiger partial charge in [0.2, 0.25) is 0 Å². The number of benzene rings is 3. The Balaban J connectivity index is 0.000000960. The summed E-state index contributed by atoms with van der Waals surface area (Å²) in [5.41, 5.74) is 3.01. The molecule has 0 saturated heterocycles. The van der Waals surface area contributed by atoms with Crippen molar-refractivity contribution >= 4 is 33.6 Å². The van der Waals surface area contributed by atoms with Gasteiger partial charge in [0.1, 0.15) is 0 Å². The normalized spacial score (nSPS) is 10.2. The van der Waals surface area contributed by atoms with Crippen molar-refractivity contribution in [2.75, 3.05) is 0 Å². The second-order valence-electron chi connectivity index (χ2n) is 4.99. The van der Waals surface area contributed by atoms with E-state index in [9.17, 15) is 0 Å². The summed E-state index contributed by atoms with van der Waals surface area (Å²) in [6.45, 7) is 0. The summed E-state index contributed by atoms with van der Waals surface area (Å²) in [7, 11) is 0. The van der Waals surface area contributed by atoms with Crippen LogP contribution in [0.1, 0.15) is 5.56 Å². The Morgan fingerprint density at radius 2 is 1.50 bits per heavy atom. The molecule has 0 aliphatic rings. The molecule has 0 fully saturated rings. The van der Waals surface area contributed by atoms with Crippen molar-refractivity contribution in [3.8, 4) is 0 Å². The van der Waals surface area contributed by atoms with Crippen LogP contribution < -0.4 is 4.98 Å². The van der Waals surface area contributed by atoms with Gasteiger partial charge in [0.05, 0.1) is 5.69 Å². The Morgan fingerprint density at radius 1 is 0.792 bits per heavy atom. The average Bonchev–Trinajstić information content (AvgIpc) is 3.04. The van der Waals surface area contributed by atoms with Gasteiger partial charge in [-0.3, -0.25) is 4.99 Å². The molecule has 0 atom stereocenters. The Hall–Kier alpha value is -2.00. The Kier molecular flexibility index (Phi) is 7.30. The second-order valence-corrected chi connectivity index (χ2v) is 4.99. The van der Waals surface area contributed by atoms with E-state index < -0.39 is 0 Å². The van der Waals surface area contributed by atoms with Gasteiger partial charge in [-0.15, -0.1) is 5.52 Å². The summed E-state index contributed by atoms with van der Waals surface area (Å²) in [5, 5.41) is 3.64. The van der Waals surface area contributed by atoms with Crippen molar-refractivity contribution in [1.29, 1.82) is 0 Å². The molecule has 4 rings (SSSR count). The first-order valence-electron chi connectivity index (χ1n) is 6.94. The number of hydrogen-bond acceptors (Lipinski definition) is 1. The molecule has 0 unspecified atom stereocenters. The van der Waals surface area contributed by atoms with Crippen LogP contribution in [0.3, 0.4) is 0 Å². The third-order valence-corrected chi connectivity index (χ3v) is 3.64. The number of fused-ring (bicyclic) bond motifs is 3. The first-order chi connectivity index (χ1) is 10.4. The molecule has 0 N–H and O–H groups in total. The molecule has 0 saturated carbocycles. The zero-order valence-corrected chi connectivity index (χ0v) is 17.5.